The maximum atomic E-state index is 11.9. The van der Waals surface area contributed by atoms with Crippen LogP contribution in [0.2, 0.25) is 0 Å². The second-order valence-electron chi connectivity index (χ2n) is 3.92. The van der Waals surface area contributed by atoms with E-state index >= 15 is 0 Å². The highest BCUT2D eigenvalue weighted by Crippen LogP contribution is 2.10. The zero-order valence-electron chi connectivity index (χ0n) is 10.2. The summed E-state index contributed by atoms with van der Waals surface area (Å²) in [6, 6.07) is 9.34. The molecule has 0 saturated heterocycles. The number of carbonyl (C=O) groups excluding carboxylic acids is 1. The van der Waals surface area contributed by atoms with Gasteiger partial charge in [0, 0.05) is 24.2 Å². The summed E-state index contributed by atoms with van der Waals surface area (Å²) in [6.45, 7) is 1.54. The van der Waals surface area contributed by atoms with E-state index in [1.165, 1.54) is 0 Å². The van der Waals surface area contributed by atoms with Crippen LogP contribution >= 0.6 is 0 Å². The Balaban J connectivity index is 2.44. The Morgan fingerprint density at radius 1 is 1.35 bits per heavy atom. The second-order valence-corrected chi connectivity index (χ2v) is 5.49. The molecule has 0 fully saturated rings. The van der Waals surface area contributed by atoms with Gasteiger partial charge in [-0.2, -0.15) is 0 Å². The molecule has 1 aromatic carbocycles. The van der Waals surface area contributed by atoms with Crippen molar-refractivity contribution >= 4 is 16.6 Å². The largest absolute Gasteiger partial charge is 0.381 e. The number of methoxy groups -OCH3 is 1. The fraction of sp³-hybridized carbons (Fsp3) is 0.462. The number of benzene rings is 1. The molecule has 0 heterocycles. The Morgan fingerprint density at radius 2 is 2.00 bits per heavy atom. The highest BCUT2D eigenvalue weighted by Gasteiger charge is 2.12. The van der Waals surface area contributed by atoms with Gasteiger partial charge in [0.25, 0.3) is 0 Å². The Hall–Kier alpha value is -1.00. The van der Waals surface area contributed by atoms with Crippen molar-refractivity contribution in [1.29, 1.82) is 0 Å². The maximum Gasteiger partial charge on any atom is 0.132 e. The summed E-state index contributed by atoms with van der Waals surface area (Å²) in [5, 5.41) is 0. The highest BCUT2D eigenvalue weighted by molar-refractivity contribution is 7.85. The molecular formula is C13H18O3S. The van der Waals surface area contributed by atoms with Gasteiger partial charge in [0.1, 0.15) is 5.78 Å². The van der Waals surface area contributed by atoms with Gasteiger partial charge in [-0.05, 0) is 25.5 Å². The van der Waals surface area contributed by atoms with Crippen LogP contribution in [0.3, 0.4) is 0 Å². The SMILES string of the molecule is COC(CCS(=O)c1ccccc1)CC(C)=O. The summed E-state index contributed by atoms with van der Waals surface area (Å²) in [5.74, 6) is 0.623. The first-order valence-electron chi connectivity index (χ1n) is 5.59. The van der Waals surface area contributed by atoms with Gasteiger partial charge in [0.15, 0.2) is 0 Å². The molecule has 1 rings (SSSR count). The summed E-state index contributed by atoms with van der Waals surface area (Å²) in [4.78, 5) is 11.8. The zero-order valence-corrected chi connectivity index (χ0v) is 11.0. The Bertz CT molecular complexity index is 376. The number of carbonyl (C=O) groups is 1. The topological polar surface area (TPSA) is 43.4 Å². The van der Waals surface area contributed by atoms with Crippen molar-refractivity contribution in [1.82, 2.24) is 0 Å². The summed E-state index contributed by atoms with van der Waals surface area (Å²) < 4.78 is 17.1. The summed E-state index contributed by atoms with van der Waals surface area (Å²) in [7, 11) is 0.571. The molecule has 4 heteroatoms. The number of hydrogen-bond donors (Lipinski definition) is 0. The molecule has 0 N–H and O–H groups in total. The lowest BCUT2D eigenvalue weighted by atomic mass is 10.1. The van der Waals surface area contributed by atoms with Gasteiger partial charge in [0.2, 0.25) is 0 Å². The van der Waals surface area contributed by atoms with Crippen molar-refractivity contribution in [2.75, 3.05) is 12.9 Å². The van der Waals surface area contributed by atoms with Crippen molar-refractivity contribution < 1.29 is 13.7 Å². The van der Waals surface area contributed by atoms with Gasteiger partial charge in [-0.25, -0.2) is 0 Å². The van der Waals surface area contributed by atoms with E-state index in [9.17, 15) is 9.00 Å². The zero-order chi connectivity index (χ0) is 12.7. The van der Waals surface area contributed by atoms with Crippen LogP contribution in [-0.4, -0.2) is 29.0 Å². The lowest BCUT2D eigenvalue weighted by Crippen LogP contribution is -2.17. The fourth-order valence-corrected chi connectivity index (χ4v) is 2.73. The summed E-state index contributed by atoms with van der Waals surface area (Å²) in [6.07, 6.45) is 0.903. The summed E-state index contributed by atoms with van der Waals surface area (Å²) in [5.41, 5.74) is 0. The quantitative estimate of drug-likeness (QED) is 0.749. The van der Waals surface area contributed by atoms with Crippen molar-refractivity contribution in [2.24, 2.45) is 0 Å². The van der Waals surface area contributed by atoms with E-state index in [4.69, 9.17) is 4.74 Å². The van der Waals surface area contributed by atoms with Gasteiger partial charge >= 0.3 is 0 Å². The number of ether oxygens (including phenoxy) is 1. The Kier molecular flexibility index (Phi) is 6.08. The van der Waals surface area contributed by atoms with E-state index in [0.717, 1.165) is 4.90 Å². The fourth-order valence-electron chi connectivity index (χ4n) is 1.55. The third kappa shape index (κ3) is 5.24. The first kappa shape index (κ1) is 14.1. The molecule has 0 radical (unpaired) electrons. The molecule has 94 valence electrons. The van der Waals surface area contributed by atoms with Gasteiger partial charge in [0.05, 0.1) is 16.9 Å². The maximum absolute atomic E-state index is 11.9. The van der Waals surface area contributed by atoms with Gasteiger partial charge in [-0.1, -0.05) is 18.2 Å². The Labute approximate surface area is 105 Å². The molecule has 0 aliphatic carbocycles. The monoisotopic (exact) mass is 254 g/mol. The minimum absolute atomic E-state index is 0.0994. The highest BCUT2D eigenvalue weighted by atomic mass is 32.2. The first-order chi connectivity index (χ1) is 8.13. The molecule has 2 atom stereocenters. The molecule has 0 bridgehead atoms. The number of Topliss-reactive ketones (excluding diaryl/α,β-unsaturated/α-hetero) is 1. The van der Waals surface area contributed by atoms with Crippen LogP contribution < -0.4 is 0 Å². The van der Waals surface area contributed by atoms with Crippen molar-refractivity contribution in [3.05, 3.63) is 30.3 Å². The van der Waals surface area contributed by atoms with Gasteiger partial charge in [-0.15, -0.1) is 0 Å². The molecule has 0 saturated carbocycles. The first-order valence-corrected chi connectivity index (χ1v) is 6.91. The predicted octanol–water partition coefficient (Wildman–Crippen LogP) is 2.18. The van der Waals surface area contributed by atoms with Crippen molar-refractivity contribution in [3.8, 4) is 0 Å². The van der Waals surface area contributed by atoms with Crippen LogP contribution in [-0.2, 0) is 20.3 Å². The van der Waals surface area contributed by atoms with E-state index in [1.54, 1.807) is 14.0 Å². The third-order valence-electron chi connectivity index (χ3n) is 2.48. The molecule has 0 aliphatic rings. The standard InChI is InChI=1S/C13H18O3S/c1-11(14)10-12(16-2)8-9-17(15)13-6-4-3-5-7-13/h3-7,12H,8-10H2,1-2H3. The number of hydrogen-bond acceptors (Lipinski definition) is 3. The average Bonchev–Trinajstić information content (AvgIpc) is 2.34. The molecule has 2 unspecified atom stereocenters. The molecule has 3 nitrogen and oxygen atoms in total. The molecule has 0 amide bonds. The molecule has 17 heavy (non-hydrogen) atoms. The van der Waals surface area contributed by atoms with Crippen LogP contribution in [0.1, 0.15) is 19.8 Å². The van der Waals surface area contributed by atoms with Crippen molar-refractivity contribution in [3.63, 3.8) is 0 Å². The lowest BCUT2D eigenvalue weighted by molar-refractivity contribution is -0.119. The molecule has 1 aromatic rings. The van der Waals surface area contributed by atoms with E-state index in [0.29, 0.717) is 18.6 Å². The minimum atomic E-state index is -1.01. The smallest absolute Gasteiger partial charge is 0.132 e. The van der Waals surface area contributed by atoms with Crippen LogP contribution in [0.25, 0.3) is 0 Å². The normalized spacial score (nSPS) is 14.2. The number of ketones is 1. The lowest BCUT2D eigenvalue weighted by Gasteiger charge is -2.13. The minimum Gasteiger partial charge on any atom is -0.381 e. The third-order valence-corrected chi connectivity index (χ3v) is 3.88. The molecular weight excluding hydrogens is 236 g/mol. The average molecular weight is 254 g/mol. The molecule has 0 aromatic heterocycles. The van der Waals surface area contributed by atoms with E-state index in [-0.39, 0.29) is 11.9 Å². The van der Waals surface area contributed by atoms with Gasteiger partial charge < -0.3 is 4.74 Å². The number of rotatable bonds is 7. The molecule has 0 spiro atoms. The predicted molar refractivity (Wildman–Crippen MR) is 68.4 cm³/mol. The summed E-state index contributed by atoms with van der Waals surface area (Å²) >= 11 is 0. The van der Waals surface area contributed by atoms with E-state index in [1.807, 2.05) is 30.3 Å². The van der Waals surface area contributed by atoms with E-state index in [2.05, 4.69) is 0 Å². The van der Waals surface area contributed by atoms with Crippen LogP contribution in [0, 0.1) is 0 Å². The van der Waals surface area contributed by atoms with E-state index < -0.39 is 10.8 Å². The van der Waals surface area contributed by atoms with Crippen LogP contribution in [0.5, 0.6) is 0 Å². The molecule has 0 aliphatic heterocycles. The van der Waals surface area contributed by atoms with Crippen LogP contribution in [0.15, 0.2) is 35.2 Å². The van der Waals surface area contributed by atoms with Crippen LogP contribution in [0.4, 0.5) is 0 Å². The van der Waals surface area contributed by atoms with Gasteiger partial charge in [-0.3, -0.25) is 9.00 Å². The van der Waals surface area contributed by atoms with Crippen molar-refractivity contribution in [2.45, 2.75) is 30.8 Å². The second kappa shape index (κ2) is 7.35. The Morgan fingerprint density at radius 3 is 2.53 bits per heavy atom.